The van der Waals surface area contributed by atoms with Crippen LogP contribution in [0.15, 0.2) is 130 Å². The van der Waals surface area contributed by atoms with E-state index in [0.29, 0.717) is 23.0 Å². The van der Waals surface area contributed by atoms with Crippen molar-refractivity contribution in [1.82, 2.24) is 29.9 Å². The van der Waals surface area contributed by atoms with Crippen molar-refractivity contribution in [3.8, 4) is 0 Å². The number of β-lactam (4-membered cyclic amide) rings is 1. The molecule has 0 unspecified atom stereocenters. The van der Waals surface area contributed by atoms with Crippen LogP contribution in [0.25, 0.3) is 0 Å². The molecule has 19 heteroatoms. The van der Waals surface area contributed by atoms with Crippen molar-refractivity contribution in [2.24, 2.45) is 5.16 Å². The lowest BCUT2D eigenvalue weighted by Gasteiger charge is -2.49. The van der Waals surface area contributed by atoms with Crippen LogP contribution >= 0.6 is 46.8 Å². The zero-order chi connectivity index (χ0) is 43.9. The van der Waals surface area contributed by atoms with E-state index in [2.05, 4.69) is 30.1 Å². The van der Waals surface area contributed by atoms with E-state index < -0.39 is 46.5 Å². The minimum atomic E-state index is -1.35. The van der Waals surface area contributed by atoms with Crippen molar-refractivity contribution in [2.45, 2.75) is 54.0 Å². The molecule has 0 radical (unpaired) electrons. The van der Waals surface area contributed by atoms with Gasteiger partial charge in [0.15, 0.2) is 5.13 Å². The summed E-state index contributed by atoms with van der Waals surface area (Å²) in [5.74, 6) is -1.47. The molecule has 5 aromatic rings. The Labute approximate surface area is 374 Å². The number of hydrogen-bond acceptors (Lipinski definition) is 15. The average molecular weight is 911 g/mol. The van der Waals surface area contributed by atoms with E-state index in [1.165, 1.54) is 28.4 Å². The van der Waals surface area contributed by atoms with Crippen LogP contribution in [0.1, 0.15) is 49.0 Å². The molecule has 15 nitrogen and oxygen atoms in total. The number of nitrogen functional groups attached to an aromatic ring is 1. The third-order valence-corrected chi connectivity index (χ3v) is 13.5. The first-order valence-electron chi connectivity index (χ1n) is 19.3. The second-order valence-corrected chi connectivity index (χ2v) is 18.9. The molecule has 2 aromatic heterocycles. The Morgan fingerprint density at radius 3 is 2.15 bits per heavy atom. The zero-order valence-electron chi connectivity index (χ0n) is 33.7. The van der Waals surface area contributed by atoms with E-state index >= 15 is 0 Å². The van der Waals surface area contributed by atoms with Crippen LogP contribution < -0.4 is 16.4 Å². The molecular weight excluding hydrogens is 869 g/mol. The van der Waals surface area contributed by atoms with E-state index in [4.69, 9.17) is 15.3 Å². The molecule has 3 aromatic carbocycles. The summed E-state index contributed by atoms with van der Waals surface area (Å²) in [4.78, 5) is 70.8. The van der Waals surface area contributed by atoms with E-state index in [1.54, 1.807) is 44.8 Å². The number of ether oxygens (including phenoxy) is 1. The lowest BCUT2D eigenvalue weighted by atomic mass is 9.80. The third-order valence-electron chi connectivity index (χ3n) is 9.34. The Morgan fingerprint density at radius 2 is 1.58 bits per heavy atom. The number of aliphatic carboxylic acids is 1. The molecule has 62 heavy (non-hydrogen) atoms. The number of amides is 3. The molecule has 2 aliphatic heterocycles. The monoisotopic (exact) mass is 910 g/mol. The molecule has 0 aliphatic carbocycles. The molecule has 0 spiro atoms. The van der Waals surface area contributed by atoms with Crippen LogP contribution in [0, 0.1) is 0 Å². The Balaban J connectivity index is 1.10. The quantitative estimate of drug-likeness (QED) is 0.0275. The molecule has 0 saturated carbocycles. The van der Waals surface area contributed by atoms with E-state index in [9.17, 15) is 24.3 Å². The van der Waals surface area contributed by atoms with Crippen molar-refractivity contribution in [2.75, 3.05) is 23.8 Å². The number of fused-ring (bicyclic) bond motifs is 1. The number of anilines is 1. The Morgan fingerprint density at radius 1 is 0.952 bits per heavy atom. The summed E-state index contributed by atoms with van der Waals surface area (Å²) in [5, 5.41) is 19.8. The summed E-state index contributed by atoms with van der Waals surface area (Å²) < 4.78 is 9.55. The van der Waals surface area contributed by atoms with Crippen LogP contribution in [0.4, 0.5) is 9.93 Å². The summed E-state index contributed by atoms with van der Waals surface area (Å²) in [6, 6.07) is 30.9. The minimum Gasteiger partial charge on any atom is -0.477 e. The average Bonchev–Trinajstić information content (AvgIpc) is 3.70. The second kappa shape index (κ2) is 19.4. The third kappa shape index (κ3) is 9.91. The smallest absolute Gasteiger partial charge is 0.407 e. The van der Waals surface area contributed by atoms with Gasteiger partial charge in [0, 0.05) is 68.0 Å². The van der Waals surface area contributed by atoms with E-state index in [-0.39, 0.29) is 28.1 Å². The van der Waals surface area contributed by atoms with Crippen molar-refractivity contribution >= 4 is 81.5 Å². The first-order valence-corrected chi connectivity index (χ1v) is 23.1. The maximum Gasteiger partial charge on any atom is 0.407 e. The number of rotatable bonds is 16. The molecule has 2 atom stereocenters. The molecule has 5 N–H and O–H groups in total. The van der Waals surface area contributed by atoms with Gasteiger partial charge in [-0.25, -0.2) is 9.59 Å². The largest absolute Gasteiger partial charge is 0.477 e. The number of carboxylic acid groups (broad SMARTS) is 1. The molecule has 2 aliphatic rings. The van der Waals surface area contributed by atoms with Gasteiger partial charge >= 0.3 is 12.1 Å². The van der Waals surface area contributed by atoms with Gasteiger partial charge in [-0.1, -0.05) is 108 Å². The number of nitrogens with two attached hydrogens (primary N) is 1. The van der Waals surface area contributed by atoms with Crippen LogP contribution in [0.3, 0.4) is 0 Å². The van der Waals surface area contributed by atoms with Gasteiger partial charge in [0.2, 0.25) is 17.1 Å². The number of benzene rings is 3. The van der Waals surface area contributed by atoms with Crippen molar-refractivity contribution in [3.05, 3.63) is 148 Å². The Hall–Kier alpha value is -5.89. The highest BCUT2D eigenvalue weighted by Crippen LogP contribution is 2.46. The fraction of sp³-hybridized carbons (Fsp3) is 0.256. The molecule has 0 bridgehead atoms. The summed E-state index contributed by atoms with van der Waals surface area (Å²) >= 11 is 4.97. The molecule has 320 valence electrons. The lowest BCUT2D eigenvalue weighted by molar-refractivity contribution is -0.150. The number of pyridine rings is 1. The van der Waals surface area contributed by atoms with Crippen LogP contribution in [0.5, 0.6) is 0 Å². The number of oxime groups is 1. The summed E-state index contributed by atoms with van der Waals surface area (Å²) in [6.07, 6.45) is 1.17. The van der Waals surface area contributed by atoms with Gasteiger partial charge < -0.3 is 31.0 Å². The summed E-state index contributed by atoms with van der Waals surface area (Å²) in [6.45, 7) is 5.78. The van der Waals surface area contributed by atoms with Crippen molar-refractivity contribution in [3.63, 3.8) is 0 Å². The maximum atomic E-state index is 14.3. The number of carbonyl (C=O) groups excluding carboxylic acids is 3. The van der Waals surface area contributed by atoms with E-state index in [0.717, 1.165) is 38.8 Å². The highest BCUT2D eigenvalue weighted by atomic mass is 32.2. The first kappa shape index (κ1) is 44.2. The van der Waals surface area contributed by atoms with Crippen LogP contribution in [-0.2, 0) is 35.3 Å². The highest BCUT2D eigenvalue weighted by molar-refractivity contribution is 8.06. The number of alkyl carbamates (subject to hydrolysis) is 1. The molecular formula is C43H42N8O7S4. The van der Waals surface area contributed by atoms with Gasteiger partial charge in [0.05, 0.1) is 5.69 Å². The summed E-state index contributed by atoms with van der Waals surface area (Å²) in [7, 11) is 0. The minimum absolute atomic E-state index is 0.0847. The fourth-order valence-electron chi connectivity index (χ4n) is 6.65. The molecule has 3 amide bonds. The van der Waals surface area contributed by atoms with Gasteiger partial charge in [-0.15, -0.1) is 11.8 Å². The second-order valence-electron chi connectivity index (χ2n) is 14.7. The number of carbonyl (C=O) groups is 4. The number of carboxylic acids is 1. The lowest BCUT2D eigenvalue weighted by Crippen LogP contribution is -2.71. The van der Waals surface area contributed by atoms with Gasteiger partial charge in [-0.05, 0) is 32.9 Å². The van der Waals surface area contributed by atoms with Crippen LogP contribution in [-0.4, -0.2) is 89.0 Å². The number of thioether (sulfide) groups is 3. The number of nitrogens with zero attached hydrogens (tertiary/aromatic N) is 5. The Bertz CT molecular complexity index is 2390. The van der Waals surface area contributed by atoms with Gasteiger partial charge in [0.1, 0.15) is 22.7 Å². The summed E-state index contributed by atoms with van der Waals surface area (Å²) in [5.41, 5.74) is 6.43. The van der Waals surface area contributed by atoms with Crippen LogP contribution in [0.2, 0.25) is 0 Å². The van der Waals surface area contributed by atoms with E-state index in [1.807, 2.05) is 97.1 Å². The molecule has 4 heterocycles. The topological polar surface area (TPSA) is 211 Å². The number of hydrogen-bond donors (Lipinski definition) is 4. The number of aromatic nitrogens is 3. The standard InChI is InChI=1S/C43H42N8O7S4/c1-42(2,3)57-41(56)46-22-23-59-24-29-30(20-13-21-45-29)61-31-25-60-38-33(37(53)51(38)34(31)39(54)55)47-36(52)32(35-48-40(44)62-50-35)49-58-43(26-14-7-4-8-15-26,27-16-9-5-10-17-27)28-18-11-6-12-19-28/h4-21,33,38H,22-25H2,1-3H3,(H,46,56)(H,47,52)(H,54,55)(H2,44,48,50)/t33-,38+/m1/s1. The van der Waals surface area contributed by atoms with Gasteiger partial charge in [-0.2, -0.15) is 21.1 Å². The fourth-order valence-corrected chi connectivity index (χ4v) is 10.6. The van der Waals surface area contributed by atoms with Gasteiger partial charge in [0.25, 0.3) is 11.8 Å². The molecule has 1 fully saturated rings. The zero-order valence-corrected chi connectivity index (χ0v) is 37.0. The normalized spacial score (nSPS) is 16.5. The highest BCUT2D eigenvalue weighted by Gasteiger charge is 2.55. The Kier molecular flexibility index (Phi) is 13.8. The maximum absolute atomic E-state index is 14.3. The predicted molar refractivity (Wildman–Crippen MR) is 241 cm³/mol. The molecule has 1 saturated heterocycles. The predicted octanol–water partition coefficient (Wildman–Crippen LogP) is 6.47. The molecule has 7 rings (SSSR count). The van der Waals surface area contributed by atoms with Crippen molar-refractivity contribution < 1.29 is 33.9 Å². The SMILES string of the molecule is CC(C)(C)OC(=O)NCCSCc1ncccc1SC1=C(C(=O)O)N2C(=O)[C@@H](NC(=O)C(=NOC(c3ccccc3)(c3ccccc3)c3ccccc3)c3nsc(N)n3)[C@@H]2SC1. The number of nitrogens with one attached hydrogen (secondary N) is 2. The first-order chi connectivity index (χ1) is 29.9. The van der Waals surface area contributed by atoms with Gasteiger partial charge in [-0.3, -0.25) is 19.5 Å². The van der Waals surface area contributed by atoms with Crippen molar-refractivity contribution in [1.29, 1.82) is 0 Å².